The van der Waals surface area contributed by atoms with Gasteiger partial charge in [0.15, 0.2) is 0 Å². The molecule has 0 spiro atoms. The Morgan fingerprint density at radius 2 is 2.06 bits per heavy atom. The Kier molecular flexibility index (Phi) is 6.82. The maximum absolute atomic E-state index is 11.0. The van der Waals surface area contributed by atoms with Crippen LogP contribution < -0.4 is 0 Å². The zero-order valence-corrected chi connectivity index (χ0v) is 13.0. The van der Waals surface area contributed by atoms with Gasteiger partial charge in [-0.25, -0.2) is 0 Å². The Labute approximate surface area is 115 Å². The first-order chi connectivity index (χ1) is 8.45. The van der Waals surface area contributed by atoms with E-state index in [0.29, 0.717) is 11.8 Å². The summed E-state index contributed by atoms with van der Waals surface area (Å²) in [5.41, 5.74) is 0. The summed E-state index contributed by atoms with van der Waals surface area (Å²) >= 11 is -1.91. The summed E-state index contributed by atoms with van der Waals surface area (Å²) in [6.07, 6.45) is 3.31. The molecule has 4 heteroatoms. The van der Waals surface area contributed by atoms with Crippen LogP contribution in [0.4, 0.5) is 0 Å². The maximum atomic E-state index is 11.0. The molecule has 0 aromatic heterocycles. The number of hydrogen-bond acceptors (Lipinski definition) is 3. The summed E-state index contributed by atoms with van der Waals surface area (Å²) in [5, 5.41) is 0. The SMILES string of the molecule is CCCC(CS(=O)[O-])C(C)N1CCC(C)C(C)C1. The second-order valence-electron chi connectivity index (χ2n) is 6.00. The lowest BCUT2D eigenvalue weighted by Gasteiger charge is -2.42. The van der Waals surface area contributed by atoms with Crippen LogP contribution >= 0.6 is 0 Å². The fourth-order valence-electron chi connectivity index (χ4n) is 2.97. The van der Waals surface area contributed by atoms with Crippen molar-refractivity contribution >= 4 is 11.1 Å². The summed E-state index contributed by atoms with van der Waals surface area (Å²) in [6, 6.07) is 0.387. The fraction of sp³-hybridized carbons (Fsp3) is 1.00. The van der Waals surface area contributed by atoms with Gasteiger partial charge in [-0.15, -0.1) is 0 Å². The molecule has 0 N–H and O–H groups in total. The second kappa shape index (κ2) is 7.61. The van der Waals surface area contributed by atoms with Crippen LogP contribution in [0.25, 0.3) is 0 Å². The Hall–Kier alpha value is 0.0700. The van der Waals surface area contributed by atoms with E-state index >= 15 is 0 Å². The van der Waals surface area contributed by atoms with E-state index in [4.69, 9.17) is 0 Å². The minimum atomic E-state index is -1.91. The van der Waals surface area contributed by atoms with Crippen LogP contribution in [-0.2, 0) is 11.1 Å². The first-order valence-electron chi connectivity index (χ1n) is 7.25. The van der Waals surface area contributed by atoms with Gasteiger partial charge >= 0.3 is 0 Å². The van der Waals surface area contributed by atoms with Gasteiger partial charge in [-0.2, -0.15) is 0 Å². The molecule has 1 rings (SSSR count). The van der Waals surface area contributed by atoms with Gasteiger partial charge in [-0.3, -0.25) is 4.21 Å². The van der Waals surface area contributed by atoms with Crippen LogP contribution in [0.3, 0.4) is 0 Å². The Morgan fingerprint density at radius 3 is 2.56 bits per heavy atom. The third-order valence-corrected chi connectivity index (χ3v) is 5.33. The second-order valence-corrected chi connectivity index (χ2v) is 6.94. The largest absolute Gasteiger partial charge is 0.772 e. The molecule has 1 fully saturated rings. The molecule has 0 bridgehead atoms. The molecular formula is C14H28NO2S-. The summed E-state index contributed by atoms with van der Waals surface area (Å²) in [4.78, 5) is 2.50. The van der Waals surface area contributed by atoms with Crippen molar-refractivity contribution in [1.82, 2.24) is 4.90 Å². The molecule has 1 aliphatic rings. The van der Waals surface area contributed by atoms with Crippen molar-refractivity contribution in [1.29, 1.82) is 0 Å². The van der Waals surface area contributed by atoms with Crippen LogP contribution in [0.5, 0.6) is 0 Å². The first kappa shape index (κ1) is 16.1. The Bertz CT molecular complexity index is 273. The molecule has 18 heavy (non-hydrogen) atoms. The average molecular weight is 274 g/mol. The predicted octanol–water partition coefficient (Wildman–Crippen LogP) is 2.65. The topological polar surface area (TPSA) is 43.4 Å². The highest BCUT2D eigenvalue weighted by molar-refractivity contribution is 7.79. The van der Waals surface area contributed by atoms with Crippen LogP contribution in [0.2, 0.25) is 0 Å². The molecule has 0 amide bonds. The lowest BCUT2D eigenvalue weighted by Crippen LogP contribution is -2.47. The molecular weight excluding hydrogens is 246 g/mol. The molecule has 5 unspecified atom stereocenters. The van der Waals surface area contributed by atoms with E-state index in [0.717, 1.165) is 37.8 Å². The van der Waals surface area contributed by atoms with E-state index in [1.165, 1.54) is 6.42 Å². The third-order valence-electron chi connectivity index (χ3n) is 4.63. The summed E-state index contributed by atoms with van der Waals surface area (Å²) in [7, 11) is 0. The van der Waals surface area contributed by atoms with Crippen molar-refractivity contribution < 1.29 is 8.76 Å². The summed E-state index contributed by atoms with van der Waals surface area (Å²) in [6.45, 7) is 11.2. The van der Waals surface area contributed by atoms with Crippen molar-refractivity contribution in [2.75, 3.05) is 18.8 Å². The van der Waals surface area contributed by atoms with E-state index < -0.39 is 11.1 Å². The quantitative estimate of drug-likeness (QED) is 0.699. The molecule has 108 valence electrons. The molecule has 5 atom stereocenters. The normalized spacial score (nSPS) is 30.9. The van der Waals surface area contributed by atoms with Gasteiger partial charge in [0.1, 0.15) is 0 Å². The van der Waals surface area contributed by atoms with E-state index in [9.17, 15) is 8.76 Å². The van der Waals surface area contributed by atoms with Crippen molar-refractivity contribution in [2.45, 2.75) is 53.0 Å². The predicted molar refractivity (Wildman–Crippen MR) is 76.2 cm³/mol. The molecule has 1 aliphatic heterocycles. The zero-order chi connectivity index (χ0) is 13.7. The van der Waals surface area contributed by atoms with E-state index in [1.54, 1.807) is 0 Å². The standard InChI is InChI=1S/C14H29NO2S/c1-5-6-14(10-18(16)17)13(4)15-8-7-11(2)12(3)9-15/h11-14H,5-10H2,1-4H3,(H,16,17)/p-1. The van der Waals surface area contributed by atoms with Crippen molar-refractivity contribution in [3.63, 3.8) is 0 Å². The minimum Gasteiger partial charge on any atom is -0.772 e. The van der Waals surface area contributed by atoms with Crippen LogP contribution in [0, 0.1) is 17.8 Å². The van der Waals surface area contributed by atoms with Crippen molar-refractivity contribution in [2.24, 2.45) is 17.8 Å². The van der Waals surface area contributed by atoms with Crippen LogP contribution in [-0.4, -0.2) is 38.5 Å². The fourth-order valence-corrected chi connectivity index (χ4v) is 3.77. The Morgan fingerprint density at radius 1 is 1.39 bits per heavy atom. The number of likely N-dealkylation sites (tertiary alicyclic amines) is 1. The highest BCUT2D eigenvalue weighted by Crippen LogP contribution is 2.27. The molecule has 0 radical (unpaired) electrons. The van der Waals surface area contributed by atoms with Gasteiger partial charge in [0, 0.05) is 18.3 Å². The Balaban J connectivity index is 2.58. The molecule has 0 aliphatic carbocycles. The van der Waals surface area contributed by atoms with E-state index in [1.807, 2.05) is 0 Å². The molecule has 1 saturated heterocycles. The highest BCUT2D eigenvalue weighted by Gasteiger charge is 2.29. The summed E-state index contributed by atoms with van der Waals surface area (Å²) < 4.78 is 21.9. The number of rotatable bonds is 6. The number of nitrogens with zero attached hydrogens (tertiary/aromatic N) is 1. The monoisotopic (exact) mass is 274 g/mol. The third kappa shape index (κ3) is 4.63. The maximum Gasteiger partial charge on any atom is 0.0145 e. The minimum absolute atomic E-state index is 0.286. The van der Waals surface area contributed by atoms with Gasteiger partial charge in [-0.1, -0.05) is 38.3 Å². The smallest absolute Gasteiger partial charge is 0.0145 e. The number of piperidine rings is 1. The zero-order valence-electron chi connectivity index (χ0n) is 12.2. The van der Waals surface area contributed by atoms with Gasteiger partial charge in [0.2, 0.25) is 0 Å². The lowest BCUT2D eigenvalue weighted by molar-refractivity contribution is 0.0768. The van der Waals surface area contributed by atoms with Gasteiger partial charge in [0.25, 0.3) is 0 Å². The lowest BCUT2D eigenvalue weighted by atomic mass is 9.86. The highest BCUT2D eigenvalue weighted by atomic mass is 32.2. The van der Waals surface area contributed by atoms with Crippen LogP contribution in [0.15, 0.2) is 0 Å². The van der Waals surface area contributed by atoms with Crippen LogP contribution in [0.1, 0.15) is 47.0 Å². The van der Waals surface area contributed by atoms with Crippen molar-refractivity contribution in [3.05, 3.63) is 0 Å². The number of hydrogen-bond donors (Lipinski definition) is 0. The first-order valence-corrected chi connectivity index (χ1v) is 8.50. The molecule has 3 nitrogen and oxygen atoms in total. The van der Waals surface area contributed by atoms with E-state index in [-0.39, 0.29) is 5.92 Å². The average Bonchev–Trinajstić information content (AvgIpc) is 2.31. The molecule has 0 aromatic carbocycles. The van der Waals surface area contributed by atoms with Gasteiger partial charge in [0.05, 0.1) is 0 Å². The van der Waals surface area contributed by atoms with Gasteiger partial charge < -0.3 is 9.45 Å². The van der Waals surface area contributed by atoms with Gasteiger partial charge in [-0.05, 0) is 44.1 Å². The molecule has 0 aromatic rings. The summed E-state index contributed by atoms with van der Waals surface area (Å²) in [5.74, 6) is 2.12. The molecule has 0 saturated carbocycles. The molecule has 1 heterocycles. The van der Waals surface area contributed by atoms with E-state index in [2.05, 4.69) is 32.6 Å². The van der Waals surface area contributed by atoms with Crippen molar-refractivity contribution in [3.8, 4) is 0 Å².